The molecule has 1 aliphatic heterocycles. The molecule has 0 bridgehead atoms. The quantitative estimate of drug-likeness (QED) is 0.883. The summed E-state index contributed by atoms with van der Waals surface area (Å²) in [6.45, 7) is 5.05. The summed E-state index contributed by atoms with van der Waals surface area (Å²) in [6.07, 6.45) is 1.11. The molecule has 5 nitrogen and oxygen atoms in total. The van der Waals surface area contributed by atoms with E-state index in [1.54, 1.807) is 4.90 Å². The predicted octanol–water partition coefficient (Wildman–Crippen LogP) is 3.60. The number of benzene rings is 1. The molecule has 26 heavy (non-hydrogen) atoms. The number of amides is 2. The molecule has 1 aromatic carbocycles. The van der Waals surface area contributed by atoms with Crippen molar-refractivity contribution in [1.82, 2.24) is 9.88 Å². The van der Waals surface area contributed by atoms with Gasteiger partial charge in [-0.25, -0.2) is 13.8 Å². The zero-order chi connectivity index (χ0) is 18.8. The highest BCUT2D eigenvalue weighted by atomic mass is 32.1. The Hall–Kier alpha value is -2.35. The second-order valence-electron chi connectivity index (χ2n) is 6.63. The molecule has 0 unspecified atom stereocenters. The van der Waals surface area contributed by atoms with Crippen LogP contribution in [0.25, 0.3) is 0 Å². The zero-order valence-corrected chi connectivity index (χ0v) is 15.3. The molecule has 0 aliphatic carbocycles. The van der Waals surface area contributed by atoms with Crippen molar-refractivity contribution >= 4 is 28.3 Å². The molecule has 0 fully saturated rings. The fourth-order valence-corrected chi connectivity index (χ4v) is 3.79. The lowest BCUT2D eigenvalue weighted by Gasteiger charge is -2.26. The number of thiazole rings is 1. The van der Waals surface area contributed by atoms with E-state index in [1.165, 1.54) is 11.3 Å². The zero-order valence-electron chi connectivity index (χ0n) is 14.5. The number of rotatable bonds is 4. The Balaban J connectivity index is 1.71. The second-order valence-corrected chi connectivity index (χ2v) is 7.71. The van der Waals surface area contributed by atoms with Crippen molar-refractivity contribution in [3.63, 3.8) is 0 Å². The van der Waals surface area contributed by atoms with Crippen LogP contribution in [0.15, 0.2) is 18.2 Å². The Morgan fingerprint density at radius 3 is 2.85 bits per heavy atom. The highest BCUT2D eigenvalue weighted by Crippen LogP contribution is 2.29. The normalized spacial score (nSPS) is 13.7. The highest BCUT2D eigenvalue weighted by Gasteiger charge is 2.25. The van der Waals surface area contributed by atoms with Crippen LogP contribution in [0.5, 0.6) is 0 Å². The van der Waals surface area contributed by atoms with Crippen LogP contribution in [0.1, 0.15) is 41.2 Å². The Kier molecular flexibility index (Phi) is 5.31. The molecule has 1 N–H and O–H groups in total. The van der Waals surface area contributed by atoms with E-state index in [9.17, 15) is 18.4 Å². The number of halogens is 2. The summed E-state index contributed by atoms with van der Waals surface area (Å²) in [5.41, 5.74) is 0.463. The first-order valence-corrected chi connectivity index (χ1v) is 9.18. The fourth-order valence-electron chi connectivity index (χ4n) is 2.78. The topological polar surface area (TPSA) is 62.3 Å². The average Bonchev–Trinajstić information content (AvgIpc) is 2.97. The van der Waals surface area contributed by atoms with Gasteiger partial charge < -0.3 is 4.90 Å². The van der Waals surface area contributed by atoms with Crippen molar-refractivity contribution in [2.24, 2.45) is 5.92 Å². The van der Waals surface area contributed by atoms with Crippen molar-refractivity contribution in [3.8, 4) is 0 Å². The van der Waals surface area contributed by atoms with Gasteiger partial charge in [0, 0.05) is 24.3 Å². The van der Waals surface area contributed by atoms with Crippen molar-refractivity contribution in [3.05, 3.63) is 46.0 Å². The largest absolute Gasteiger partial charge is 0.337 e. The minimum absolute atomic E-state index is 0.103. The molecule has 2 aromatic rings. The summed E-state index contributed by atoms with van der Waals surface area (Å²) >= 11 is 1.26. The molecule has 2 amide bonds. The first-order valence-electron chi connectivity index (χ1n) is 8.36. The Morgan fingerprint density at radius 2 is 2.12 bits per heavy atom. The number of hydrogen-bond acceptors (Lipinski definition) is 4. The molecule has 2 heterocycles. The first kappa shape index (κ1) is 18.4. The third-order valence-electron chi connectivity index (χ3n) is 4.06. The lowest BCUT2D eigenvalue weighted by Crippen LogP contribution is -2.36. The second kappa shape index (κ2) is 7.49. The van der Waals surface area contributed by atoms with Gasteiger partial charge in [-0.2, -0.15) is 0 Å². The van der Waals surface area contributed by atoms with Crippen LogP contribution < -0.4 is 5.32 Å². The smallest absolute Gasteiger partial charge is 0.260 e. The number of carbonyl (C=O) groups excluding carboxylic acids is 2. The summed E-state index contributed by atoms with van der Waals surface area (Å²) < 4.78 is 26.9. The number of nitrogens with one attached hydrogen (secondary N) is 1. The van der Waals surface area contributed by atoms with Gasteiger partial charge in [-0.3, -0.25) is 14.9 Å². The van der Waals surface area contributed by atoms with E-state index in [-0.39, 0.29) is 11.5 Å². The number of carbonyl (C=O) groups is 2. The molecule has 0 saturated heterocycles. The van der Waals surface area contributed by atoms with Crippen molar-refractivity contribution in [2.45, 2.75) is 33.2 Å². The van der Waals surface area contributed by atoms with Crippen molar-refractivity contribution < 1.29 is 18.4 Å². The van der Waals surface area contributed by atoms with Gasteiger partial charge >= 0.3 is 0 Å². The summed E-state index contributed by atoms with van der Waals surface area (Å²) in [7, 11) is 0. The average molecular weight is 379 g/mol. The first-order chi connectivity index (χ1) is 12.3. The van der Waals surface area contributed by atoms with Gasteiger partial charge in [0.2, 0.25) is 5.91 Å². The number of anilines is 1. The molecule has 0 spiro atoms. The molecular formula is C18H19F2N3O2S. The van der Waals surface area contributed by atoms with Gasteiger partial charge in [0.15, 0.2) is 5.13 Å². The maximum absolute atomic E-state index is 13.7. The molecule has 138 valence electrons. The summed E-state index contributed by atoms with van der Waals surface area (Å²) in [5.74, 6) is -1.83. The Morgan fingerprint density at radius 1 is 1.35 bits per heavy atom. The van der Waals surface area contributed by atoms with E-state index in [0.717, 1.165) is 28.8 Å². The lowest BCUT2D eigenvalue weighted by atomic mass is 10.1. The van der Waals surface area contributed by atoms with Crippen LogP contribution in [0.4, 0.5) is 13.9 Å². The summed E-state index contributed by atoms with van der Waals surface area (Å²) in [4.78, 5) is 31.5. The predicted molar refractivity (Wildman–Crippen MR) is 95.0 cm³/mol. The van der Waals surface area contributed by atoms with E-state index >= 15 is 0 Å². The van der Waals surface area contributed by atoms with Crippen LogP contribution in [0, 0.1) is 17.6 Å². The van der Waals surface area contributed by atoms with Gasteiger partial charge in [-0.15, -0.1) is 0 Å². The molecule has 3 rings (SSSR count). The maximum atomic E-state index is 13.7. The molecule has 0 saturated carbocycles. The van der Waals surface area contributed by atoms with E-state index in [2.05, 4.69) is 10.3 Å². The van der Waals surface area contributed by atoms with E-state index < -0.39 is 17.5 Å². The summed E-state index contributed by atoms with van der Waals surface area (Å²) in [6, 6.07) is 2.72. The molecule has 1 aliphatic rings. The molecule has 1 aromatic heterocycles. The number of hydrogen-bond donors (Lipinski definition) is 1. The van der Waals surface area contributed by atoms with Gasteiger partial charge in [-0.05, 0) is 24.1 Å². The molecular weight excluding hydrogens is 360 g/mol. The van der Waals surface area contributed by atoms with Gasteiger partial charge in [0.1, 0.15) is 11.6 Å². The summed E-state index contributed by atoms with van der Waals surface area (Å²) in [5, 5.41) is 2.84. The third-order valence-corrected chi connectivity index (χ3v) is 5.06. The van der Waals surface area contributed by atoms with Crippen LogP contribution >= 0.6 is 11.3 Å². The van der Waals surface area contributed by atoms with Crippen molar-refractivity contribution in [2.75, 3.05) is 11.9 Å². The molecule has 0 radical (unpaired) electrons. The minimum Gasteiger partial charge on any atom is -0.337 e. The Labute approximate surface area is 154 Å². The fraction of sp³-hybridized carbons (Fsp3) is 0.389. The van der Waals surface area contributed by atoms with E-state index in [1.807, 2.05) is 13.8 Å². The monoisotopic (exact) mass is 379 g/mol. The van der Waals surface area contributed by atoms with Crippen LogP contribution in [0.2, 0.25) is 0 Å². The molecule has 8 heteroatoms. The highest BCUT2D eigenvalue weighted by molar-refractivity contribution is 7.15. The van der Waals surface area contributed by atoms with Gasteiger partial charge in [-0.1, -0.05) is 25.2 Å². The Bertz CT molecular complexity index is 851. The standard InChI is InChI=1S/C18H19F2N3O2S/c1-10(2)7-16(24)23-6-5-14-15(9-23)26-18(21-14)22-17(25)12-8-11(19)3-4-13(12)20/h3-4,8,10H,5-7,9H2,1-2H3,(H,21,22,25). The minimum atomic E-state index is -0.796. The molecule has 0 atom stereocenters. The van der Waals surface area contributed by atoms with Gasteiger partial charge in [0.05, 0.1) is 17.8 Å². The van der Waals surface area contributed by atoms with Crippen molar-refractivity contribution in [1.29, 1.82) is 0 Å². The van der Waals surface area contributed by atoms with Gasteiger partial charge in [0.25, 0.3) is 5.91 Å². The van der Waals surface area contributed by atoms with E-state index in [0.29, 0.717) is 37.0 Å². The van der Waals surface area contributed by atoms with Crippen LogP contribution in [-0.2, 0) is 17.8 Å². The maximum Gasteiger partial charge on any atom is 0.260 e. The van der Waals surface area contributed by atoms with Crippen LogP contribution in [0.3, 0.4) is 0 Å². The number of nitrogens with zero attached hydrogens (tertiary/aromatic N) is 2. The van der Waals surface area contributed by atoms with Crippen LogP contribution in [-0.4, -0.2) is 28.2 Å². The lowest BCUT2D eigenvalue weighted by molar-refractivity contribution is -0.132. The van der Waals surface area contributed by atoms with E-state index in [4.69, 9.17) is 0 Å². The third kappa shape index (κ3) is 4.07. The number of aromatic nitrogens is 1. The SMILES string of the molecule is CC(C)CC(=O)N1CCc2nc(NC(=O)c3cc(F)ccc3F)sc2C1. The number of fused-ring (bicyclic) bond motifs is 1.